The van der Waals surface area contributed by atoms with Crippen LogP contribution in [-0.2, 0) is 6.54 Å². The van der Waals surface area contributed by atoms with Crippen LogP contribution >= 0.6 is 24.0 Å². The smallest absolute Gasteiger partial charge is 0.216 e. The lowest BCUT2D eigenvalue weighted by Gasteiger charge is -2.31. The Kier molecular flexibility index (Phi) is 11.8. The predicted octanol–water partition coefficient (Wildman–Crippen LogP) is 4.06. The fraction of sp³-hybridized carbons (Fsp3) is 0.545. The Morgan fingerprint density at radius 1 is 1.20 bits per heavy atom. The van der Waals surface area contributed by atoms with E-state index in [-0.39, 0.29) is 30.0 Å². The molecular weight excluding hydrogens is 493 g/mol. The zero-order valence-electron chi connectivity index (χ0n) is 19.0. The number of likely N-dealkylation sites (N-methyl/N-ethyl adjacent to an activating group) is 1. The van der Waals surface area contributed by atoms with Crippen LogP contribution < -0.4 is 15.4 Å². The highest BCUT2D eigenvalue weighted by Crippen LogP contribution is 2.23. The molecule has 0 saturated heterocycles. The van der Waals surface area contributed by atoms with Crippen LogP contribution in [-0.4, -0.2) is 49.1 Å². The highest BCUT2D eigenvalue weighted by molar-refractivity contribution is 14.0. The molecule has 0 aliphatic rings. The molecule has 30 heavy (non-hydrogen) atoms. The molecule has 1 aromatic heterocycles. The number of methoxy groups -OCH3 is 1. The maximum Gasteiger partial charge on any atom is 0.216 e. The van der Waals surface area contributed by atoms with E-state index in [1.54, 1.807) is 7.11 Å². The monoisotopic (exact) mass is 529 g/mol. The Morgan fingerprint density at radius 3 is 2.50 bits per heavy atom. The summed E-state index contributed by atoms with van der Waals surface area (Å²) in [6.45, 7) is 14.1. The van der Waals surface area contributed by atoms with Gasteiger partial charge in [-0.05, 0) is 51.6 Å². The molecule has 2 aromatic rings. The van der Waals surface area contributed by atoms with E-state index in [1.807, 2.05) is 26.0 Å². The van der Waals surface area contributed by atoms with Crippen LogP contribution in [0.25, 0.3) is 0 Å². The molecular formula is C22H36IN5O2. The number of guanidine groups is 1. The van der Waals surface area contributed by atoms with E-state index in [9.17, 15) is 0 Å². The lowest BCUT2D eigenvalue weighted by Crippen LogP contribution is -2.43. The first-order valence-electron chi connectivity index (χ1n) is 10.3. The fourth-order valence-electron chi connectivity index (χ4n) is 3.26. The average Bonchev–Trinajstić information content (AvgIpc) is 3.06. The molecule has 168 valence electrons. The van der Waals surface area contributed by atoms with Gasteiger partial charge in [-0.2, -0.15) is 0 Å². The summed E-state index contributed by atoms with van der Waals surface area (Å²) in [6.07, 6.45) is 0. The molecule has 8 heteroatoms. The highest BCUT2D eigenvalue weighted by Gasteiger charge is 2.19. The second kappa shape index (κ2) is 13.5. The average molecular weight is 529 g/mol. The maximum absolute atomic E-state index is 5.64. The SMILES string of the molecule is CCNC(=NCc1nc(C)c(C)o1)NCC(c1cccc(OC)c1)N(CC)CC.I. The molecule has 2 rings (SSSR count). The normalized spacial score (nSPS) is 12.4. The summed E-state index contributed by atoms with van der Waals surface area (Å²) < 4.78 is 11.1. The van der Waals surface area contributed by atoms with Crippen molar-refractivity contribution >= 4 is 29.9 Å². The number of ether oxygens (including phenoxy) is 1. The van der Waals surface area contributed by atoms with Crippen LogP contribution in [0.1, 0.15) is 49.7 Å². The molecule has 1 atom stereocenters. The minimum Gasteiger partial charge on any atom is -0.497 e. The van der Waals surface area contributed by atoms with E-state index in [0.29, 0.717) is 12.4 Å². The number of aliphatic imine (C=N–C) groups is 1. The number of aryl methyl sites for hydroxylation is 2. The van der Waals surface area contributed by atoms with Gasteiger partial charge in [0.25, 0.3) is 0 Å². The van der Waals surface area contributed by atoms with Crippen molar-refractivity contribution in [3.05, 3.63) is 47.2 Å². The first-order chi connectivity index (χ1) is 14.0. The van der Waals surface area contributed by atoms with Crippen LogP contribution in [0.5, 0.6) is 5.75 Å². The number of benzene rings is 1. The Bertz CT molecular complexity index is 770. The standard InChI is InChI=1S/C22H35N5O2.HI/c1-7-23-22(25-15-21-26-16(4)17(5)29-21)24-14-20(27(8-2)9-3)18-11-10-12-19(13-18)28-6;/h10-13,20H,7-9,14-15H2,1-6H3,(H2,23,24,25);1H. The summed E-state index contributed by atoms with van der Waals surface area (Å²) in [5.41, 5.74) is 2.13. The van der Waals surface area contributed by atoms with Gasteiger partial charge in [0.1, 0.15) is 18.1 Å². The number of halogens is 1. The molecule has 0 spiro atoms. The summed E-state index contributed by atoms with van der Waals surface area (Å²) in [5, 5.41) is 6.79. The van der Waals surface area contributed by atoms with E-state index in [1.165, 1.54) is 5.56 Å². The molecule has 1 unspecified atom stereocenters. The summed E-state index contributed by atoms with van der Waals surface area (Å²) in [7, 11) is 1.70. The van der Waals surface area contributed by atoms with Crippen LogP contribution in [0.3, 0.4) is 0 Å². The van der Waals surface area contributed by atoms with Gasteiger partial charge in [0, 0.05) is 13.1 Å². The Hall–Kier alpha value is -1.81. The number of rotatable bonds is 10. The number of nitrogens with zero attached hydrogens (tertiary/aromatic N) is 3. The van der Waals surface area contributed by atoms with Crippen LogP contribution in [0.15, 0.2) is 33.7 Å². The van der Waals surface area contributed by atoms with Crippen molar-refractivity contribution in [1.82, 2.24) is 20.5 Å². The first-order valence-corrected chi connectivity index (χ1v) is 10.3. The second-order valence-electron chi connectivity index (χ2n) is 6.84. The second-order valence-corrected chi connectivity index (χ2v) is 6.84. The maximum atomic E-state index is 5.64. The lowest BCUT2D eigenvalue weighted by atomic mass is 10.0. The third-order valence-electron chi connectivity index (χ3n) is 4.98. The van der Waals surface area contributed by atoms with Gasteiger partial charge in [-0.25, -0.2) is 9.98 Å². The Morgan fingerprint density at radius 2 is 1.93 bits per heavy atom. The van der Waals surface area contributed by atoms with E-state index >= 15 is 0 Å². The minimum absolute atomic E-state index is 0. The molecule has 0 aliphatic heterocycles. The first kappa shape index (κ1) is 26.2. The van der Waals surface area contributed by atoms with Crippen molar-refractivity contribution in [2.75, 3.05) is 33.3 Å². The molecule has 7 nitrogen and oxygen atoms in total. The minimum atomic E-state index is 0. The van der Waals surface area contributed by atoms with Crippen LogP contribution in [0.4, 0.5) is 0 Å². The lowest BCUT2D eigenvalue weighted by molar-refractivity contribution is 0.218. The molecule has 0 saturated carbocycles. The summed E-state index contributed by atoms with van der Waals surface area (Å²) in [6, 6.07) is 8.47. The highest BCUT2D eigenvalue weighted by atomic mass is 127. The number of aromatic nitrogens is 1. The van der Waals surface area contributed by atoms with Crippen molar-refractivity contribution in [3.63, 3.8) is 0 Å². The van der Waals surface area contributed by atoms with Gasteiger partial charge >= 0.3 is 0 Å². The third-order valence-corrected chi connectivity index (χ3v) is 4.98. The van der Waals surface area contributed by atoms with Crippen molar-refractivity contribution in [1.29, 1.82) is 0 Å². The zero-order chi connectivity index (χ0) is 21.2. The molecule has 0 fully saturated rings. The van der Waals surface area contributed by atoms with E-state index in [2.05, 4.69) is 58.4 Å². The summed E-state index contributed by atoms with van der Waals surface area (Å²) in [4.78, 5) is 11.5. The van der Waals surface area contributed by atoms with E-state index in [0.717, 1.165) is 49.3 Å². The number of hydrogen-bond donors (Lipinski definition) is 2. The van der Waals surface area contributed by atoms with Gasteiger partial charge in [0.2, 0.25) is 5.89 Å². The molecule has 2 N–H and O–H groups in total. The van der Waals surface area contributed by atoms with Gasteiger partial charge < -0.3 is 19.8 Å². The topological polar surface area (TPSA) is 74.9 Å². The van der Waals surface area contributed by atoms with Gasteiger partial charge in [-0.1, -0.05) is 26.0 Å². The van der Waals surface area contributed by atoms with Crippen molar-refractivity contribution in [2.24, 2.45) is 4.99 Å². The van der Waals surface area contributed by atoms with E-state index < -0.39 is 0 Å². The molecule has 0 bridgehead atoms. The molecule has 1 heterocycles. The Balaban J connectivity index is 0.00000450. The Labute approximate surface area is 197 Å². The largest absolute Gasteiger partial charge is 0.497 e. The number of nitrogens with one attached hydrogen (secondary N) is 2. The summed E-state index contributed by atoms with van der Waals surface area (Å²) in [5.74, 6) is 3.09. The van der Waals surface area contributed by atoms with Crippen LogP contribution in [0.2, 0.25) is 0 Å². The van der Waals surface area contributed by atoms with Gasteiger partial charge in [0.15, 0.2) is 5.96 Å². The van der Waals surface area contributed by atoms with Gasteiger partial charge in [0.05, 0.1) is 18.8 Å². The zero-order valence-corrected chi connectivity index (χ0v) is 21.3. The quantitative estimate of drug-likeness (QED) is 0.275. The van der Waals surface area contributed by atoms with Crippen LogP contribution in [0, 0.1) is 13.8 Å². The van der Waals surface area contributed by atoms with Crippen molar-refractivity contribution in [2.45, 2.75) is 47.2 Å². The predicted molar refractivity (Wildman–Crippen MR) is 133 cm³/mol. The number of hydrogen-bond acceptors (Lipinski definition) is 5. The molecule has 1 aromatic carbocycles. The van der Waals surface area contributed by atoms with Gasteiger partial charge in [-0.15, -0.1) is 24.0 Å². The molecule has 0 aliphatic carbocycles. The fourth-order valence-corrected chi connectivity index (χ4v) is 3.26. The molecule has 0 amide bonds. The third kappa shape index (κ3) is 7.46. The van der Waals surface area contributed by atoms with Crippen molar-refractivity contribution in [3.8, 4) is 5.75 Å². The molecule has 0 radical (unpaired) electrons. The van der Waals surface area contributed by atoms with E-state index in [4.69, 9.17) is 9.15 Å². The van der Waals surface area contributed by atoms with Crippen molar-refractivity contribution < 1.29 is 9.15 Å². The summed E-state index contributed by atoms with van der Waals surface area (Å²) >= 11 is 0. The van der Waals surface area contributed by atoms with Gasteiger partial charge in [-0.3, -0.25) is 4.90 Å². The number of oxazole rings is 1.